The van der Waals surface area contributed by atoms with Crippen LogP contribution in [0.3, 0.4) is 0 Å². The average Bonchev–Trinajstić information content (AvgIpc) is 2.83. The molecular formula is C24H34FIN4O3. The van der Waals surface area contributed by atoms with E-state index < -0.39 is 0 Å². The number of benzene rings is 2. The van der Waals surface area contributed by atoms with E-state index in [0.717, 1.165) is 24.2 Å². The van der Waals surface area contributed by atoms with Gasteiger partial charge in [-0.3, -0.25) is 9.89 Å². The third-order valence-corrected chi connectivity index (χ3v) is 5.66. The van der Waals surface area contributed by atoms with Crippen LogP contribution in [-0.4, -0.2) is 65.0 Å². The van der Waals surface area contributed by atoms with Crippen molar-refractivity contribution < 1.29 is 18.6 Å². The van der Waals surface area contributed by atoms with Crippen LogP contribution in [0.5, 0.6) is 11.5 Å². The number of hydrogen-bond acceptors (Lipinski definition) is 5. The Morgan fingerprint density at radius 1 is 1.09 bits per heavy atom. The molecule has 33 heavy (non-hydrogen) atoms. The second-order valence-electron chi connectivity index (χ2n) is 7.67. The van der Waals surface area contributed by atoms with Crippen molar-refractivity contribution in [1.29, 1.82) is 0 Å². The molecule has 0 aromatic heterocycles. The SMILES string of the molecule is CN=C(NCc1ccc(C)c(F)c1)NCC(c1ccc(OC)c(OC)c1)N1CCOCC1.I. The molecule has 2 N–H and O–H groups in total. The second kappa shape index (κ2) is 13.6. The number of ether oxygens (including phenoxy) is 3. The number of aliphatic imine (C=N–C) groups is 1. The summed E-state index contributed by atoms with van der Waals surface area (Å²) in [7, 11) is 5.00. The Balaban J connectivity index is 0.00000385. The molecule has 0 amide bonds. The normalized spacial score (nSPS) is 15.4. The van der Waals surface area contributed by atoms with E-state index in [1.54, 1.807) is 40.3 Å². The highest BCUT2D eigenvalue weighted by molar-refractivity contribution is 14.0. The number of rotatable bonds is 8. The Bertz CT molecular complexity index is 923. The van der Waals surface area contributed by atoms with Gasteiger partial charge in [-0.25, -0.2) is 4.39 Å². The summed E-state index contributed by atoms with van der Waals surface area (Å²) in [6.45, 7) is 5.97. The van der Waals surface area contributed by atoms with Gasteiger partial charge >= 0.3 is 0 Å². The minimum absolute atomic E-state index is 0. The van der Waals surface area contributed by atoms with Crippen molar-refractivity contribution in [3.05, 3.63) is 58.9 Å². The molecule has 1 heterocycles. The first-order chi connectivity index (χ1) is 15.5. The van der Waals surface area contributed by atoms with Crippen LogP contribution in [0.1, 0.15) is 22.7 Å². The van der Waals surface area contributed by atoms with Crippen LogP contribution in [0.25, 0.3) is 0 Å². The molecule has 0 aliphatic carbocycles. The Kier molecular flexibility index (Phi) is 11.2. The zero-order valence-electron chi connectivity index (χ0n) is 19.7. The standard InChI is InChI=1S/C24H33FN4O3.HI/c1-17-5-6-18(13-20(17)25)15-27-24(26-2)28-16-21(29-9-11-32-12-10-29)19-7-8-22(30-3)23(14-19)31-4;/h5-8,13-14,21H,9-12,15-16H2,1-4H3,(H2,26,27,28);1H. The molecule has 2 aromatic rings. The van der Waals surface area contributed by atoms with Gasteiger partial charge in [-0.1, -0.05) is 18.2 Å². The van der Waals surface area contributed by atoms with Gasteiger partial charge in [0.25, 0.3) is 0 Å². The summed E-state index contributed by atoms with van der Waals surface area (Å²) in [4.78, 5) is 6.72. The highest BCUT2D eigenvalue weighted by Crippen LogP contribution is 2.32. The summed E-state index contributed by atoms with van der Waals surface area (Å²) >= 11 is 0. The molecule has 2 aromatic carbocycles. The minimum Gasteiger partial charge on any atom is -0.493 e. The molecular weight excluding hydrogens is 538 g/mol. The lowest BCUT2D eigenvalue weighted by Crippen LogP contribution is -2.46. The summed E-state index contributed by atoms with van der Waals surface area (Å²) < 4.78 is 30.3. The molecule has 3 rings (SSSR count). The number of aryl methyl sites for hydroxylation is 1. The van der Waals surface area contributed by atoms with Crippen molar-refractivity contribution in [2.75, 3.05) is 54.1 Å². The number of nitrogens with zero attached hydrogens (tertiary/aromatic N) is 2. The van der Waals surface area contributed by atoms with Gasteiger partial charge in [0.15, 0.2) is 17.5 Å². The molecule has 0 saturated carbocycles. The first-order valence-corrected chi connectivity index (χ1v) is 10.8. The fourth-order valence-corrected chi connectivity index (χ4v) is 3.75. The van der Waals surface area contributed by atoms with E-state index in [9.17, 15) is 4.39 Å². The van der Waals surface area contributed by atoms with Gasteiger partial charge in [0.1, 0.15) is 5.82 Å². The number of hydrogen-bond donors (Lipinski definition) is 2. The summed E-state index contributed by atoms with van der Waals surface area (Å²) in [6, 6.07) is 11.4. The largest absolute Gasteiger partial charge is 0.493 e. The molecule has 1 unspecified atom stereocenters. The molecule has 9 heteroatoms. The molecule has 7 nitrogen and oxygen atoms in total. The topological polar surface area (TPSA) is 67.4 Å². The van der Waals surface area contributed by atoms with Crippen LogP contribution in [0.4, 0.5) is 4.39 Å². The summed E-state index contributed by atoms with van der Waals surface area (Å²) in [5, 5.41) is 6.69. The lowest BCUT2D eigenvalue weighted by molar-refractivity contribution is 0.0169. The van der Waals surface area contributed by atoms with Gasteiger partial charge < -0.3 is 24.8 Å². The number of guanidine groups is 1. The van der Waals surface area contributed by atoms with Crippen molar-refractivity contribution in [3.63, 3.8) is 0 Å². The van der Waals surface area contributed by atoms with Crippen molar-refractivity contribution in [2.24, 2.45) is 4.99 Å². The molecule has 1 aliphatic rings. The van der Waals surface area contributed by atoms with E-state index in [-0.39, 0.29) is 35.8 Å². The first kappa shape index (κ1) is 27.1. The number of morpholine rings is 1. The third kappa shape index (κ3) is 7.44. The van der Waals surface area contributed by atoms with Crippen molar-refractivity contribution in [2.45, 2.75) is 19.5 Å². The quantitative estimate of drug-likeness (QED) is 0.287. The maximum absolute atomic E-state index is 13.8. The molecule has 182 valence electrons. The second-order valence-corrected chi connectivity index (χ2v) is 7.67. The van der Waals surface area contributed by atoms with E-state index in [2.05, 4.69) is 26.6 Å². The Morgan fingerprint density at radius 2 is 1.82 bits per heavy atom. The van der Waals surface area contributed by atoms with E-state index in [0.29, 0.717) is 49.3 Å². The van der Waals surface area contributed by atoms with Crippen molar-refractivity contribution in [1.82, 2.24) is 15.5 Å². The van der Waals surface area contributed by atoms with Crippen LogP contribution in [0, 0.1) is 12.7 Å². The molecule has 0 radical (unpaired) electrons. The number of halogens is 2. The van der Waals surface area contributed by atoms with E-state index in [1.165, 1.54) is 0 Å². The summed E-state index contributed by atoms with van der Waals surface area (Å²) in [5.74, 6) is 1.86. The van der Waals surface area contributed by atoms with Crippen LogP contribution in [-0.2, 0) is 11.3 Å². The maximum atomic E-state index is 13.8. The van der Waals surface area contributed by atoms with Gasteiger partial charge in [-0.15, -0.1) is 24.0 Å². The smallest absolute Gasteiger partial charge is 0.191 e. The van der Waals surface area contributed by atoms with Gasteiger partial charge in [-0.05, 0) is 41.8 Å². The lowest BCUT2D eigenvalue weighted by Gasteiger charge is -2.35. The minimum atomic E-state index is -0.201. The molecule has 1 atom stereocenters. The highest BCUT2D eigenvalue weighted by atomic mass is 127. The summed E-state index contributed by atoms with van der Waals surface area (Å²) in [6.07, 6.45) is 0. The lowest BCUT2D eigenvalue weighted by atomic mass is 10.0. The van der Waals surface area contributed by atoms with E-state index in [4.69, 9.17) is 14.2 Å². The molecule has 1 fully saturated rings. The first-order valence-electron chi connectivity index (χ1n) is 10.8. The van der Waals surface area contributed by atoms with Gasteiger partial charge in [0, 0.05) is 33.2 Å². The highest BCUT2D eigenvalue weighted by Gasteiger charge is 2.24. The van der Waals surface area contributed by atoms with Crippen molar-refractivity contribution in [3.8, 4) is 11.5 Å². The monoisotopic (exact) mass is 572 g/mol. The zero-order chi connectivity index (χ0) is 22.9. The molecule has 1 aliphatic heterocycles. The number of nitrogens with one attached hydrogen (secondary N) is 2. The van der Waals surface area contributed by atoms with Gasteiger partial charge in [-0.2, -0.15) is 0 Å². The average molecular weight is 572 g/mol. The van der Waals surface area contributed by atoms with Gasteiger partial charge in [0.05, 0.1) is 33.5 Å². The van der Waals surface area contributed by atoms with Crippen LogP contribution in [0.15, 0.2) is 41.4 Å². The van der Waals surface area contributed by atoms with Crippen LogP contribution in [0.2, 0.25) is 0 Å². The van der Waals surface area contributed by atoms with E-state index in [1.807, 2.05) is 18.2 Å². The predicted molar refractivity (Wildman–Crippen MR) is 139 cm³/mol. The maximum Gasteiger partial charge on any atom is 0.191 e. The van der Waals surface area contributed by atoms with Gasteiger partial charge in [0.2, 0.25) is 0 Å². The van der Waals surface area contributed by atoms with Crippen LogP contribution >= 0.6 is 24.0 Å². The van der Waals surface area contributed by atoms with Crippen molar-refractivity contribution >= 4 is 29.9 Å². The Labute approximate surface area is 212 Å². The molecule has 1 saturated heterocycles. The van der Waals surface area contributed by atoms with Crippen LogP contribution < -0.4 is 20.1 Å². The Morgan fingerprint density at radius 3 is 2.45 bits per heavy atom. The third-order valence-electron chi connectivity index (χ3n) is 5.66. The van der Waals surface area contributed by atoms with E-state index >= 15 is 0 Å². The zero-order valence-corrected chi connectivity index (χ0v) is 22.0. The Hall–Kier alpha value is -2.11. The predicted octanol–water partition coefficient (Wildman–Crippen LogP) is 3.51. The fraction of sp³-hybridized carbons (Fsp3) is 0.458. The fourth-order valence-electron chi connectivity index (χ4n) is 3.75. The molecule has 0 bridgehead atoms. The summed E-state index contributed by atoms with van der Waals surface area (Å²) in [5.41, 5.74) is 2.62. The number of methoxy groups -OCH3 is 2. The molecule has 0 spiro atoms.